The van der Waals surface area contributed by atoms with Crippen LogP contribution in [0.1, 0.15) is 78.6 Å². The van der Waals surface area contributed by atoms with E-state index in [-0.39, 0.29) is 31.6 Å². The number of carboxylic acid groups (broad SMARTS) is 1. The minimum Gasteiger partial charge on any atom is -0.479 e. The number of carbonyl (C=O) groups excluding carboxylic acids is 3. The van der Waals surface area contributed by atoms with Crippen molar-refractivity contribution < 1.29 is 125 Å². The molecule has 0 aromatic heterocycles. The monoisotopic (exact) mass is 1090 g/mol. The lowest BCUT2D eigenvalue weighted by atomic mass is 9.75. The van der Waals surface area contributed by atoms with Crippen LogP contribution in [0.2, 0.25) is 0 Å². The summed E-state index contributed by atoms with van der Waals surface area (Å²) >= 11 is 0. The first kappa shape index (κ1) is 60.6. The number of aliphatic hydroxyl groups is 5. The van der Waals surface area contributed by atoms with Crippen molar-refractivity contribution >= 4 is 54.9 Å². The van der Waals surface area contributed by atoms with Crippen LogP contribution in [0, 0.1) is 17.8 Å². The molecule has 4 fully saturated rings. The van der Waals surface area contributed by atoms with Crippen molar-refractivity contribution in [1.29, 1.82) is 0 Å². The number of rotatable bonds is 25. The molecule has 30 nitrogen and oxygen atoms in total. The maximum atomic E-state index is 13.9. The summed E-state index contributed by atoms with van der Waals surface area (Å²) in [5.41, 5.74) is 0. The van der Waals surface area contributed by atoms with Gasteiger partial charge in [0.25, 0.3) is 5.91 Å². The number of amides is 3. The first-order chi connectivity index (χ1) is 33.0. The van der Waals surface area contributed by atoms with E-state index >= 15 is 0 Å². The molecule has 4 aliphatic rings. The van der Waals surface area contributed by atoms with Crippen LogP contribution in [0.3, 0.4) is 0 Å². The van der Waals surface area contributed by atoms with Crippen LogP contribution in [-0.4, -0.2) is 211 Å². The SMILES string of the molecule is CCC1CC(C(=O)NCCNC(=O)[C@@H](OS(=O)(=O)O)[C@H](COS(=O)(=O)O)OS(=O)(=O)O)C[C@@H](O[C@@H]2O[C@@H](CO)[C@H](O)C(O[C@@H](CC3CCCCC3)C(=O)O)C2NC(C)=O)[C@@H]1O[C@@H]1OC(C)[C@@H](O)[C@H](O)C1O. The van der Waals surface area contributed by atoms with Gasteiger partial charge in [0.05, 0.1) is 31.5 Å². The Morgan fingerprint density at radius 3 is 1.96 bits per heavy atom. The van der Waals surface area contributed by atoms with E-state index in [9.17, 15) is 79.6 Å². The minimum atomic E-state index is -5.67. The Hall–Kier alpha value is -2.91. The smallest absolute Gasteiger partial charge is 0.398 e. The molecule has 33 heteroatoms. The highest BCUT2D eigenvalue weighted by Crippen LogP contribution is 2.40. The number of ether oxygens (including phenoxy) is 5. The van der Waals surface area contributed by atoms with Gasteiger partial charge in [0, 0.05) is 25.9 Å². The van der Waals surface area contributed by atoms with E-state index < -0.39 is 185 Å². The second-order valence-electron chi connectivity index (χ2n) is 17.7. The van der Waals surface area contributed by atoms with Crippen LogP contribution < -0.4 is 16.0 Å². The summed E-state index contributed by atoms with van der Waals surface area (Å²) in [5.74, 6) is -6.19. The van der Waals surface area contributed by atoms with Crippen LogP contribution in [0.4, 0.5) is 0 Å². The second kappa shape index (κ2) is 26.5. The predicted octanol–water partition coefficient (Wildman–Crippen LogP) is -4.16. The Kier molecular flexibility index (Phi) is 22.7. The number of nitrogens with one attached hydrogen (secondary N) is 3. The van der Waals surface area contributed by atoms with Crippen molar-refractivity contribution in [3.63, 3.8) is 0 Å². The molecular formula is C38H65N3O27S3. The molecule has 2 saturated heterocycles. The maximum Gasteiger partial charge on any atom is 0.398 e. The molecule has 17 atom stereocenters. The summed E-state index contributed by atoms with van der Waals surface area (Å²) in [6, 6.07) is -1.48. The van der Waals surface area contributed by atoms with Crippen molar-refractivity contribution in [3.8, 4) is 0 Å². The lowest BCUT2D eigenvalue weighted by Gasteiger charge is -2.49. The molecule has 71 heavy (non-hydrogen) atoms. The zero-order valence-electron chi connectivity index (χ0n) is 38.7. The highest BCUT2D eigenvalue weighted by Gasteiger charge is 2.53. The van der Waals surface area contributed by atoms with E-state index in [1.165, 1.54) is 6.92 Å². The highest BCUT2D eigenvalue weighted by molar-refractivity contribution is 7.81. The molecule has 2 aliphatic carbocycles. The second-order valence-corrected chi connectivity index (χ2v) is 20.9. The molecule has 0 bridgehead atoms. The van der Waals surface area contributed by atoms with E-state index in [1.807, 2.05) is 5.32 Å². The summed E-state index contributed by atoms with van der Waals surface area (Å²) in [6.07, 6.45) is -19.5. The molecule has 0 aromatic carbocycles. The van der Waals surface area contributed by atoms with Gasteiger partial charge in [0.15, 0.2) is 24.8 Å². The lowest BCUT2D eigenvalue weighted by Crippen LogP contribution is -2.67. The van der Waals surface area contributed by atoms with E-state index in [0.29, 0.717) is 0 Å². The van der Waals surface area contributed by atoms with E-state index in [2.05, 4.69) is 23.2 Å². The van der Waals surface area contributed by atoms with Gasteiger partial charge >= 0.3 is 37.2 Å². The van der Waals surface area contributed by atoms with Crippen molar-refractivity contribution in [1.82, 2.24) is 16.0 Å². The van der Waals surface area contributed by atoms with Crippen LogP contribution in [0.5, 0.6) is 0 Å². The molecule has 412 valence electrons. The summed E-state index contributed by atoms with van der Waals surface area (Å²) < 4.78 is 138. The summed E-state index contributed by atoms with van der Waals surface area (Å²) in [7, 11) is -16.7. The zero-order valence-corrected chi connectivity index (χ0v) is 41.1. The molecule has 6 unspecified atom stereocenters. The normalized spacial score (nSPS) is 33.6. The van der Waals surface area contributed by atoms with Gasteiger partial charge in [-0.25, -0.2) is 17.3 Å². The van der Waals surface area contributed by atoms with Crippen LogP contribution in [0.25, 0.3) is 0 Å². The number of hydrogen-bond acceptors (Lipinski definition) is 23. The van der Waals surface area contributed by atoms with Crippen LogP contribution in [0.15, 0.2) is 0 Å². The molecule has 4 rings (SSSR count). The molecule has 0 spiro atoms. The first-order valence-electron chi connectivity index (χ1n) is 22.6. The molecule has 2 saturated carbocycles. The van der Waals surface area contributed by atoms with E-state index in [1.54, 1.807) is 6.92 Å². The van der Waals surface area contributed by atoms with Crippen molar-refractivity contribution in [2.24, 2.45) is 17.8 Å². The third-order valence-corrected chi connectivity index (χ3v) is 13.9. The number of hydrogen-bond donors (Lipinski definition) is 12. The third-order valence-electron chi connectivity index (χ3n) is 12.5. The number of aliphatic carboxylic acids is 1. The van der Waals surface area contributed by atoms with Crippen molar-refractivity contribution in [2.45, 2.75) is 170 Å². The molecule has 2 aliphatic heterocycles. The Morgan fingerprint density at radius 2 is 1.39 bits per heavy atom. The number of carboxylic acids is 1. The van der Waals surface area contributed by atoms with Gasteiger partial charge < -0.3 is 70.3 Å². The average molecular weight is 1090 g/mol. The fourth-order valence-electron chi connectivity index (χ4n) is 9.07. The maximum absolute atomic E-state index is 13.9. The molecule has 0 aromatic rings. The van der Waals surface area contributed by atoms with Gasteiger partial charge in [-0.2, -0.15) is 25.3 Å². The first-order valence-corrected chi connectivity index (χ1v) is 26.7. The third kappa shape index (κ3) is 18.5. The minimum absolute atomic E-state index is 0.00127. The summed E-state index contributed by atoms with van der Waals surface area (Å²) in [5, 5.41) is 71.1. The van der Waals surface area contributed by atoms with Gasteiger partial charge in [0.2, 0.25) is 11.8 Å². The Morgan fingerprint density at radius 1 is 0.761 bits per heavy atom. The largest absolute Gasteiger partial charge is 0.479 e. The van der Waals surface area contributed by atoms with Gasteiger partial charge in [-0.3, -0.25) is 28.0 Å². The fraction of sp³-hybridized carbons (Fsp3) is 0.895. The predicted molar refractivity (Wildman–Crippen MR) is 232 cm³/mol. The molecule has 3 amide bonds. The number of aliphatic hydroxyl groups excluding tert-OH is 5. The Labute approximate surface area is 409 Å². The van der Waals surface area contributed by atoms with Gasteiger partial charge in [0.1, 0.15) is 48.8 Å². The standard InChI is InChI=1S/C38H65N3O27S3/c1-4-20-13-21(34(48)39-10-11-40-35(49)32(68-71(58,59)60)25(67-70(55,56)57)16-61-69(52,53)54)14-22(31(20)66-38-30(47)29(46)27(44)17(2)62-38)64-37-26(41-18(3)43)33(28(45)24(15-42)65-37)63-23(36(50)51)12-19-8-6-5-7-9-19/h17,19-33,37-38,42,44-47H,4-16H2,1-3H3,(H,39,48)(H,40,49)(H,41,43)(H,50,51)(H,52,53,54)(H,55,56,57)(H,58,59,60)/t17?,20?,21?,22-,23+,24+,25+,26?,27-,28+,29+,30?,31-,32+,33?,37-,38+/m1/s1. The molecule has 2 heterocycles. The zero-order chi connectivity index (χ0) is 53.2. The fourth-order valence-corrected chi connectivity index (χ4v) is 10.3. The molecular weight excluding hydrogens is 1030 g/mol. The summed E-state index contributed by atoms with van der Waals surface area (Å²) in [4.78, 5) is 52.3. The van der Waals surface area contributed by atoms with Gasteiger partial charge in [-0.1, -0.05) is 45.4 Å². The van der Waals surface area contributed by atoms with Gasteiger partial charge in [-0.15, -0.1) is 0 Å². The lowest BCUT2D eigenvalue weighted by molar-refractivity contribution is -0.338. The van der Waals surface area contributed by atoms with Gasteiger partial charge in [-0.05, 0) is 38.0 Å². The van der Waals surface area contributed by atoms with E-state index in [0.717, 1.165) is 39.0 Å². The van der Waals surface area contributed by atoms with E-state index in [4.69, 9.17) is 32.8 Å². The molecule has 12 N–H and O–H groups in total. The van der Waals surface area contributed by atoms with Crippen molar-refractivity contribution in [3.05, 3.63) is 0 Å². The topological polar surface area (TPSA) is 463 Å². The summed E-state index contributed by atoms with van der Waals surface area (Å²) in [6.45, 7) is 0.565. The average Bonchev–Trinajstić information content (AvgIpc) is 3.27. The quantitative estimate of drug-likeness (QED) is 0.0305. The van der Waals surface area contributed by atoms with Crippen LogP contribution >= 0.6 is 0 Å². The molecule has 0 radical (unpaired) electrons. The highest BCUT2D eigenvalue weighted by atomic mass is 32.3. The number of carbonyl (C=O) groups is 4. The Bertz CT molecular complexity index is 2120. The van der Waals surface area contributed by atoms with Crippen molar-refractivity contribution in [2.75, 3.05) is 26.3 Å². The van der Waals surface area contributed by atoms with Crippen LogP contribution in [-0.2, 0) is 86.6 Å². The Balaban J connectivity index is 1.61.